The quantitative estimate of drug-likeness (QED) is 0.430. The highest BCUT2D eigenvalue weighted by atomic mass is 19.1. The molecular weight excluding hydrogens is 335 g/mol. The lowest BCUT2D eigenvalue weighted by molar-refractivity contribution is 0.147. The van der Waals surface area contributed by atoms with Gasteiger partial charge in [-0.1, -0.05) is 68.4 Å². The molecule has 0 aromatic rings. The van der Waals surface area contributed by atoms with Gasteiger partial charge in [-0.2, -0.15) is 0 Å². The van der Waals surface area contributed by atoms with Crippen molar-refractivity contribution in [1.29, 1.82) is 0 Å². The second-order valence-corrected chi connectivity index (χ2v) is 5.74. The number of hydrogen-bond donors (Lipinski definition) is 0. The van der Waals surface area contributed by atoms with Crippen LogP contribution >= 0.6 is 0 Å². The molecule has 1 aliphatic rings. The molecule has 152 valence electrons. The molecule has 0 saturated carbocycles. The third-order valence-corrected chi connectivity index (χ3v) is 4.22. The van der Waals surface area contributed by atoms with Crippen LogP contribution in [-0.4, -0.2) is 49.2 Å². The predicted octanol–water partition coefficient (Wildman–Crippen LogP) is 5.78. The van der Waals surface area contributed by atoms with Crippen molar-refractivity contribution in [2.75, 3.05) is 33.4 Å². The van der Waals surface area contributed by atoms with Crippen molar-refractivity contribution in [2.24, 2.45) is 0 Å². The smallest absolute Gasteiger partial charge is 0.0804 e. The molecule has 0 radical (unpaired) electrons. The predicted molar refractivity (Wildman–Crippen MR) is 120 cm³/mol. The van der Waals surface area contributed by atoms with E-state index >= 15 is 0 Å². The zero-order valence-corrected chi connectivity index (χ0v) is 18.4. The first-order valence-corrected chi connectivity index (χ1v) is 9.69. The first-order valence-electron chi connectivity index (χ1n) is 9.69. The van der Waals surface area contributed by atoms with E-state index in [9.17, 15) is 4.39 Å². The van der Waals surface area contributed by atoms with Gasteiger partial charge in [0.2, 0.25) is 0 Å². The van der Waals surface area contributed by atoms with E-state index in [2.05, 4.69) is 79.5 Å². The van der Waals surface area contributed by atoms with E-state index in [1.165, 1.54) is 11.1 Å². The summed E-state index contributed by atoms with van der Waals surface area (Å²) in [5, 5.41) is 0. The maximum Gasteiger partial charge on any atom is 0.0804 e. The van der Waals surface area contributed by atoms with Crippen LogP contribution in [0.5, 0.6) is 0 Å². The lowest BCUT2D eigenvalue weighted by Crippen LogP contribution is -2.50. The SMILES string of the molecule is C#CC(=C)N1CCN(C(/C(C)=C/C=C\C)C(/C=C\C)=C/C)CC1.CC.CF. The van der Waals surface area contributed by atoms with E-state index in [0.29, 0.717) is 13.2 Å². The van der Waals surface area contributed by atoms with Crippen LogP contribution in [-0.2, 0) is 0 Å². The Balaban J connectivity index is 0. The van der Waals surface area contributed by atoms with E-state index in [4.69, 9.17) is 6.42 Å². The Bertz CT molecular complexity index is 553. The molecule has 1 aliphatic heterocycles. The van der Waals surface area contributed by atoms with E-state index in [1.54, 1.807) is 0 Å². The average molecular weight is 375 g/mol. The third-order valence-electron chi connectivity index (χ3n) is 4.22. The van der Waals surface area contributed by atoms with Crippen molar-refractivity contribution in [3.05, 3.63) is 59.9 Å². The average Bonchev–Trinajstić information content (AvgIpc) is 2.74. The summed E-state index contributed by atoms with van der Waals surface area (Å²) in [6.45, 7) is 20.2. The summed E-state index contributed by atoms with van der Waals surface area (Å²) in [5.41, 5.74) is 3.50. The fourth-order valence-corrected chi connectivity index (χ4v) is 2.98. The summed E-state index contributed by atoms with van der Waals surface area (Å²) < 4.78 is 9.50. The van der Waals surface area contributed by atoms with Crippen molar-refractivity contribution in [1.82, 2.24) is 9.80 Å². The van der Waals surface area contributed by atoms with E-state index in [1.807, 2.05) is 20.8 Å². The number of terminal acetylenes is 1. The zero-order chi connectivity index (χ0) is 21.2. The molecule has 27 heavy (non-hydrogen) atoms. The van der Waals surface area contributed by atoms with Crippen LogP contribution < -0.4 is 0 Å². The lowest BCUT2D eigenvalue weighted by atomic mass is 9.96. The number of alkyl halides is 1. The Kier molecular flexibility index (Phi) is 17.5. The number of rotatable bonds is 6. The zero-order valence-electron chi connectivity index (χ0n) is 18.4. The Labute approximate surface area is 167 Å². The summed E-state index contributed by atoms with van der Waals surface area (Å²) in [6, 6.07) is 0.314. The molecule has 0 N–H and O–H groups in total. The Hall–Kier alpha value is -2.05. The van der Waals surface area contributed by atoms with Crippen LogP contribution in [0.25, 0.3) is 0 Å². The van der Waals surface area contributed by atoms with Crippen molar-refractivity contribution >= 4 is 0 Å². The Morgan fingerprint density at radius 3 is 2.04 bits per heavy atom. The van der Waals surface area contributed by atoms with Crippen molar-refractivity contribution in [3.63, 3.8) is 0 Å². The van der Waals surface area contributed by atoms with Crippen LogP contribution in [0.4, 0.5) is 4.39 Å². The molecular formula is C24H39FN2. The van der Waals surface area contributed by atoms with Gasteiger partial charge in [-0.15, -0.1) is 6.42 Å². The highest BCUT2D eigenvalue weighted by Crippen LogP contribution is 2.23. The molecule has 0 aliphatic carbocycles. The topological polar surface area (TPSA) is 6.48 Å². The van der Waals surface area contributed by atoms with Gasteiger partial charge in [-0.3, -0.25) is 9.29 Å². The highest BCUT2D eigenvalue weighted by molar-refractivity contribution is 5.35. The summed E-state index contributed by atoms with van der Waals surface area (Å²) in [5.74, 6) is 2.65. The van der Waals surface area contributed by atoms with Crippen molar-refractivity contribution in [2.45, 2.75) is 47.6 Å². The van der Waals surface area contributed by atoms with Gasteiger partial charge >= 0.3 is 0 Å². The molecule has 0 aromatic carbocycles. The van der Waals surface area contributed by atoms with Gasteiger partial charge in [-0.05, 0) is 33.3 Å². The molecule has 0 bridgehead atoms. The van der Waals surface area contributed by atoms with Crippen LogP contribution in [0.2, 0.25) is 0 Å². The highest BCUT2D eigenvalue weighted by Gasteiger charge is 2.26. The molecule has 0 aromatic heterocycles. The molecule has 1 fully saturated rings. The maximum absolute atomic E-state index is 9.50. The van der Waals surface area contributed by atoms with Gasteiger partial charge in [-0.25, -0.2) is 0 Å². The normalized spacial score (nSPS) is 16.9. The van der Waals surface area contributed by atoms with Gasteiger partial charge in [0.05, 0.1) is 18.9 Å². The van der Waals surface area contributed by atoms with E-state index < -0.39 is 0 Å². The number of hydrogen-bond acceptors (Lipinski definition) is 2. The molecule has 1 saturated heterocycles. The second-order valence-electron chi connectivity index (χ2n) is 5.74. The molecule has 2 nitrogen and oxygen atoms in total. The molecule has 1 atom stereocenters. The third kappa shape index (κ3) is 9.45. The minimum atomic E-state index is 0.314. The van der Waals surface area contributed by atoms with E-state index in [0.717, 1.165) is 31.9 Å². The minimum absolute atomic E-state index is 0.314. The first-order chi connectivity index (χ1) is 13.1. The molecule has 0 spiro atoms. The standard InChI is InChI=1S/C21H30N2.C2H6.CH3F/c1-7-11-13-18(5)21(20(10-4)12-8-2)23-16-14-22(15-17-23)19(6)9-3;2*1-2/h3,7-8,10-13,21H,6,14-17H2,1-2,4-5H3;1-2H3;1H3/b11-7-,12-8-,18-13+,20-10+;;. The first kappa shape index (κ1) is 27.2. The van der Waals surface area contributed by atoms with Gasteiger partial charge < -0.3 is 4.90 Å². The Morgan fingerprint density at radius 2 is 1.63 bits per heavy atom. The van der Waals surface area contributed by atoms with Crippen LogP contribution in [0, 0.1) is 12.3 Å². The van der Waals surface area contributed by atoms with Crippen LogP contribution in [0.15, 0.2) is 59.9 Å². The fraction of sp³-hybridized carbons (Fsp3) is 0.500. The number of allylic oxidation sites excluding steroid dienone is 6. The number of halogens is 1. The Morgan fingerprint density at radius 1 is 1.07 bits per heavy atom. The van der Waals surface area contributed by atoms with E-state index in [-0.39, 0.29) is 0 Å². The number of piperazine rings is 1. The second kappa shape index (κ2) is 17.4. The molecule has 1 heterocycles. The monoisotopic (exact) mass is 374 g/mol. The molecule has 1 rings (SSSR count). The summed E-state index contributed by atoms with van der Waals surface area (Å²) >= 11 is 0. The van der Waals surface area contributed by atoms with Crippen molar-refractivity contribution < 1.29 is 4.39 Å². The summed E-state index contributed by atoms with van der Waals surface area (Å²) in [4.78, 5) is 4.73. The largest absolute Gasteiger partial charge is 0.363 e. The molecule has 1 unspecified atom stereocenters. The maximum atomic E-state index is 9.50. The van der Waals surface area contributed by atoms with Crippen LogP contribution in [0.3, 0.4) is 0 Å². The van der Waals surface area contributed by atoms with Crippen LogP contribution in [0.1, 0.15) is 41.5 Å². The molecule has 3 heteroatoms. The summed E-state index contributed by atoms with van der Waals surface area (Å²) in [6.07, 6.45) is 18.4. The summed E-state index contributed by atoms with van der Waals surface area (Å²) in [7, 11) is 0.500. The lowest BCUT2D eigenvalue weighted by Gasteiger charge is -2.41. The van der Waals surface area contributed by atoms with Gasteiger partial charge in [0.15, 0.2) is 0 Å². The fourth-order valence-electron chi connectivity index (χ4n) is 2.98. The minimum Gasteiger partial charge on any atom is -0.363 e. The van der Waals surface area contributed by atoms with Gasteiger partial charge in [0, 0.05) is 26.2 Å². The van der Waals surface area contributed by atoms with Gasteiger partial charge in [0.1, 0.15) is 0 Å². The molecule has 0 amide bonds. The van der Waals surface area contributed by atoms with Crippen molar-refractivity contribution in [3.8, 4) is 12.3 Å². The van der Waals surface area contributed by atoms with Gasteiger partial charge in [0.25, 0.3) is 0 Å². The number of nitrogens with zero attached hydrogens (tertiary/aromatic N) is 2.